The predicted octanol–water partition coefficient (Wildman–Crippen LogP) is 9.95. The molecule has 160 valence electrons. The normalized spacial score (nSPS) is 15.2. The zero-order valence-electron chi connectivity index (χ0n) is 21.9. The van der Waals surface area contributed by atoms with E-state index in [0.717, 1.165) is 0 Å². The molecule has 0 aromatic heterocycles. The Morgan fingerprint density at radius 3 is 0.308 bits per heavy atom. The summed E-state index contributed by atoms with van der Waals surface area (Å²) in [6.07, 6.45) is 0. The highest BCUT2D eigenvalue weighted by atomic mass is 31.8. The highest BCUT2D eigenvalue weighted by molar-refractivity contribution is 8.37. The average molecular weight is 501 g/mol. The Labute approximate surface area is 176 Å². The van der Waals surface area contributed by atoms with Crippen molar-refractivity contribution in [2.24, 2.45) is 0 Å². The summed E-state index contributed by atoms with van der Waals surface area (Å²) in [5.74, 6) is 0. The van der Waals surface area contributed by atoms with Crippen molar-refractivity contribution in [1.29, 1.82) is 0 Å². The molecular weight excluding hydrogens is 447 g/mol. The molecule has 0 nitrogen and oxygen atoms in total. The lowest BCUT2D eigenvalue weighted by Crippen LogP contribution is -2.43. The summed E-state index contributed by atoms with van der Waals surface area (Å²) in [5.41, 5.74) is 0. The van der Waals surface area contributed by atoms with Gasteiger partial charge in [0.2, 0.25) is 0 Å². The van der Waals surface area contributed by atoms with E-state index in [-0.39, 0.29) is 0 Å². The summed E-state index contributed by atoms with van der Waals surface area (Å²) >= 11 is 0. The van der Waals surface area contributed by atoms with Gasteiger partial charge in [-0.05, 0) is 0 Å². The molecular formula is C18H54P2Si6. The van der Waals surface area contributed by atoms with E-state index in [0.29, 0.717) is 13.1 Å². The van der Waals surface area contributed by atoms with Crippen molar-refractivity contribution in [3.05, 3.63) is 0 Å². The molecule has 0 aromatic rings. The van der Waals surface area contributed by atoms with Gasteiger partial charge in [-0.1, -0.05) is 118 Å². The van der Waals surface area contributed by atoms with Gasteiger partial charge in [0.25, 0.3) is 0 Å². The summed E-state index contributed by atoms with van der Waals surface area (Å²) in [6, 6.07) is 0. The molecule has 0 N–H and O–H groups in total. The molecule has 0 rings (SSSR count). The minimum atomic E-state index is -0.869. The fourth-order valence-corrected chi connectivity index (χ4v) is 163. The fraction of sp³-hybridized carbons (Fsp3) is 1.00. The van der Waals surface area contributed by atoms with E-state index >= 15 is 0 Å². The highest BCUT2D eigenvalue weighted by Crippen LogP contribution is 2.62. The van der Waals surface area contributed by atoms with Crippen LogP contribution in [0.4, 0.5) is 0 Å². The van der Waals surface area contributed by atoms with E-state index in [9.17, 15) is 0 Å². The zero-order valence-corrected chi connectivity index (χ0v) is 29.7. The van der Waals surface area contributed by atoms with E-state index in [1.54, 1.807) is 0 Å². The smallest absolute Gasteiger partial charge is 0.0640 e. The summed E-state index contributed by atoms with van der Waals surface area (Å²) in [4.78, 5) is 0. The lowest BCUT2D eigenvalue weighted by Gasteiger charge is -2.47. The van der Waals surface area contributed by atoms with Crippen molar-refractivity contribution in [2.75, 3.05) is 0 Å². The van der Waals surface area contributed by atoms with Crippen LogP contribution in [0.2, 0.25) is 118 Å². The zero-order chi connectivity index (χ0) is 22.2. The van der Waals surface area contributed by atoms with Crippen LogP contribution in [0, 0.1) is 0 Å². The number of rotatable bonds is 6. The largest absolute Gasteiger partial charge is 0.140 e. The van der Waals surface area contributed by atoms with Crippen LogP contribution in [0.15, 0.2) is 0 Å². The van der Waals surface area contributed by atoms with E-state index in [2.05, 4.69) is 118 Å². The molecule has 0 fully saturated rings. The molecule has 0 unspecified atom stereocenters. The Bertz CT molecular complexity index is 317. The minimum Gasteiger partial charge on any atom is -0.140 e. The van der Waals surface area contributed by atoms with E-state index in [1.165, 1.54) is 0 Å². The molecule has 0 aliphatic rings. The van der Waals surface area contributed by atoms with Gasteiger partial charge in [0.05, 0.1) is 46.4 Å². The van der Waals surface area contributed by atoms with Crippen LogP contribution in [0.3, 0.4) is 0 Å². The Morgan fingerprint density at radius 1 is 0.231 bits per heavy atom. The molecule has 0 aliphatic heterocycles. The molecule has 0 atom stereocenters. The van der Waals surface area contributed by atoms with Gasteiger partial charge >= 0.3 is 0 Å². The molecule has 0 aliphatic carbocycles. The molecule has 8 heteroatoms. The Balaban J connectivity index is 0. The maximum absolute atomic E-state index is 2.59. The molecule has 0 saturated carbocycles. The predicted molar refractivity (Wildman–Crippen MR) is 154 cm³/mol. The maximum Gasteiger partial charge on any atom is 0.0640 e. The van der Waals surface area contributed by atoms with Gasteiger partial charge in [0, 0.05) is 0 Å². The van der Waals surface area contributed by atoms with Crippen LogP contribution in [0.25, 0.3) is 0 Å². The molecule has 26 heavy (non-hydrogen) atoms. The van der Waals surface area contributed by atoms with Gasteiger partial charge in [-0.15, -0.1) is 13.1 Å². The van der Waals surface area contributed by atoms with Gasteiger partial charge in [-0.3, -0.25) is 0 Å². The van der Waals surface area contributed by atoms with Crippen LogP contribution < -0.4 is 0 Å². The van der Waals surface area contributed by atoms with Crippen molar-refractivity contribution < 1.29 is 0 Å². The van der Waals surface area contributed by atoms with Gasteiger partial charge in [-0.2, -0.15) is 0 Å². The van der Waals surface area contributed by atoms with Crippen molar-refractivity contribution in [2.45, 2.75) is 118 Å². The van der Waals surface area contributed by atoms with Crippen LogP contribution in [0.1, 0.15) is 0 Å². The van der Waals surface area contributed by atoms with Gasteiger partial charge in [0.15, 0.2) is 0 Å². The molecule has 0 aromatic carbocycles. The van der Waals surface area contributed by atoms with Crippen molar-refractivity contribution in [1.82, 2.24) is 0 Å². The van der Waals surface area contributed by atoms with E-state index < -0.39 is 46.4 Å². The molecule has 0 radical (unpaired) electrons. The summed E-state index contributed by atoms with van der Waals surface area (Å²) in [7, 11) is -5.22. The number of hydrogen-bond acceptors (Lipinski definition) is 0. The third kappa shape index (κ3) is 11.4. The Kier molecular flexibility index (Phi) is 11.1. The number of hydrogen-bond donors (Lipinski definition) is 0. The van der Waals surface area contributed by atoms with Gasteiger partial charge in [0.1, 0.15) is 0 Å². The van der Waals surface area contributed by atoms with Crippen molar-refractivity contribution in [3.63, 3.8) is 0 Å². The molecule has 0 heterocycles. The summed E-state index contributed by atoms with van der Waals surface area (Å²) in [6.45, 7) is 47.5. The first-order valence-corrected chi connectivity index (χ1v) is 39.1. The standard InChI is InChI=1S/2C9H27PSi3/c2*1-11(2,3)10(12(4,5)6)13(7,8)9/h2*1-9H3. The molecule has 0 saturated heterocycles. The van der Waals surface area contributed by atoms with E-state index in [1.807, 2.05) is 0 Å². The second-order valence-corrected chi connectivity index (χ2v) is 81.3. The lowest BCUT2D eigenvalue weighted by atomic mass is 11.8. The lowest BCUT2D eigenvalue weighted by molar-refractivity contribution is 1.80. The Hall–Kier alpha value is 2.16. The SMILES string of the molecule is C[Si](C)(C)P([Si](C)(C)C)[Si](C)(C)C.C[Si](C)(C)P([Si](C)(C)C)[Si](C)(C)C. The van der Waals surface area contributed by atoms with Gasteiger partial charge in [-0.25, -0.2) is 0 Å². The second kappa shape index (κ2) is 9.53. The maximum atomic E-state index is 2.59. The topological polar surface area (TPSA) is 0 Å². The van der Waals surface area contributed by atoms with Gasteiger partial charge < -0.3 is 0 Å². The molecule has 0 bridgehead atoms. The summed E-state index contributed by atoms with van der Waals surface area (Å²) < 4.78 is 0. The van der Waals surface area contributed by atoms with Crippen LogP contribution in [0.5, 0.6) is 0 Å². The highest BCUT2D eigenvalue weighted by Gasteiger charge is 2.45. The summed E-state index contributed by atoms with van der Waals surface area (Å²) in [5, 5.41) is 0. The first-order chi connectivity index (χ1) is 10.7. The Morgan fingerprint density at radius 2 is 0.308 bits per heavy atom. The minimum absolute atomic E-state index is 0.433. The monoisotopic (exact) mass is 500 g/mol. The molecule has 0 spiro atoms. The van der Waals surface area contributed by atoms with E-state index in [4.69, 9.17) is 0 Å². The average Bonchev–Trinajstić information content (AvgIpc) is 1.97. The van der Waals surface area contributed by atoms with Crippen molar-refractivity contribution >= 4 is 59.6 Å². The second-order valence-electron chi connectivity index (χ2n) is 13.7. The van der Waals surface area contributed by atoms with Crippen LogP contribution in [-0.2, 0) is 0 Å². The fourth-order valence-electron chi connectivity index (χ4n) is 6.04. The third-order valence-electron chi connectivity index (χ3n) is 4.02. The first kappa shape index (κ1) is 30.4. The van der Waals surface area contributed by atoms with Crippen LogP contribution in [-0.4, -0.2) is 46.4 Å². The molecule has 0 amide bonds. The third-order valence-corrected chi connectivity index (χ3v) is 109. The van der Waals surface area contributed by atoms with Crippen LogP contribution >= 0.6 is 13.1 Å². The van der Waals surface area contributed by atoms with Crippen molar-refractivity contribution in [3.8, 4) is 0 Å². The quantitative estimate of drug-likeness (QED) is 0.251. The first-order valence-electron chi connectivity index (χ1n) is 10.3.